The van der Waals surface area contributed by atoms with E-state index in [1.165, 1.54) is 5.57 Å². The second-order valence-corrected chi connectivity index (χ2v) is 3.91. The quantitative estimate of drug-likeness (QED) is 0.603. The molecule has 0 spiro atoms. The van der Waals surface area contributed by atoms with Crippen LogP contribution in [0.5, 0.6) is 0 Å². The molecule has 0 fully saturated rings. The van der Waals surface area contributed by atoms with Crippen LogP contribution in [0.25, 0.3) is 0 Å². The molecule has 0 saturated carbocycles. The van der Waals surface area contributed by atoms with Crippen molar-refractivity contribution >= 4 is 5.91 Å². The highest BCUT2D eigenvalue weighted by Gasteiger charge is 2.32. The number of hydrogen-bond acceptors (Lipinski definition) is 2. The Morgan fingerprint density at radius 2 is 2.23 bits per heavy atom. The van der Waals surface area contributed by atoms with E-state index in [9.17, 15) is 4.79 Å². The van der Waals surface area contributed by atoms with E-state index in [0.717, 1.165) is 25.1 Å². The standard InChI is InChI=1S/C10H15NO2/c1-7(2)11-5-8-3-4-13-6-9(8)10(11)12/h7H,3-6H2,1-2H3. The highest BCUT2D eigenvalue weighted by molar-refractivity contribution is 5.97. The molecule has 0 aromatic rings. The molecule has 0 saturated heterocycles. The third kappa shape index (κ3) is 1.37. The number of amides is 1. The summed E-state index contributed by atoms with van der Waals surface area (Å²) in [6.07, 6.45) is 0.935. The van der Waals surface area contributed by atoms with Crippen LogP contribution in [0, 0.1) is 0 Å². The van der Waals surface area contributed by atoms with Gasteiger partial charge in [-0.2, -0.15) is 0 Å². The maximum absolute atomic E-state index is 11.8. The Balaban J connectivity index is 2.19. The van der Waals surface area contributed by atoms with Crippen LogP contribution in [0.1, 0.15) is 20.3 Å². The fourth-order valence-electron chi connectivity index (χ4n) is 1.88. The first-order valence-electron chi connectivity index (χ1n) is 4.79. The summed E-state index contributed by atoms with van der Waals surface area (Å²) in [5.74, 6) is 0.185. The predicted octanol–water partition coefficient (Wildman–Crippen LogP) is 0.954. The van der Waals surface area contributed by atoms with Crippen molar-refractivity contribution in [2.24, 2.45) is 0 Å². The van der Waals surface area contributed by atoms with Crippen LogP contribution >= 0.6 is 0 Å². The first-order valence-corrected chi connectivity index (χ1v) is 4.79. The van der Waals surface area contributed by atoms with E-state index in [-0.39, 0.29) is 5.91 Å². The van der Waals surface area contributed by atoms with E-state index in [1.54, 1.807) is 0 Å². The van der Waals surface area contributed by atoms with Crippen LogP contribution in [0.3, 0.4) is 0 Å². The van der Waals surface area contributed by atoms with Gasteiger partial charge >= 0.3 is 0 Å². The van der Waals surface area contributed by atoms with Crippen molar-refractivity contribution in [2.45, 2.75) is 26.3 Å². The average Bonchev–Trinajstić information content (AvgIpc) is 2.45. The highest BCUT2D eigenvalue weighted by atomic mass is 16.5. The van der Waals surface area contributed by atoms with Gasteiger partial charge in [0.05, 0.1) is 13.2 Å². The lowest BCUT2D eigenvalue weighted by molar-refractivity contribution is -0.127. The van der Waals surface area contributed by atoms with Gasteiger partial charge in [0.25, 0.3) is 5.91 Å². The lowest BCUT2D eigenvalue weighted by Gasteiger charge is -2.20. The summed E-state index contributed by atoms with van der Waals surface area (Å²) >= 11 is 0. The average molecular weight is 181 g/mol. The summed E-state index contributed by atoms with van der Waals surface area (Å²) in [6.45, 7) is 6.24. The molecule has 2 aliphatic rings. The molecule has 13 heavy (non-hydrogen) atoms. The van der Waals surface area contributed by atoms with Crippen molar-refractivity contribution < 1.29 is 9.53 Å². The molecule has 0 radical (unpaired) electrons. The molecule has 0 bridgehead atoms. The van der Waals surface area contributed by atoms with E-state index in [2.05, 4.69) is 13.8 Å². The minimum absolute atomic E-state index is 0.185. The van der Waals surface area contributed by atoms with E-state index < -0.39 is 0 Å². The number of carbonyl (C=O) groups is 1. The van der Waals surface area contributed by atoms with Crippen molar-refractivity contribution in [2.75, 3.05) is 19.8 Å². The summed E-state index contributed by atoms with van der Waals surface area (Å²) in [6, 6.07) is 0.304. The molecule has 0 unspecified atom stereocenters. The van der Waals surface area contributed by atoms with Gasteiger partial charge in [-0.25, -0.2) is 0 Å². The number of rotatable bonds is 1. The van der Waals surface area contributed by atoms with Crippen molar-refractivity contribution in [3.63, 3.8) is 0 Å². The van der Waals surface area contributed by atoms with Crippen molar-refractivity contribution in [3.8, 4) is 0 Å². The summed E-state index contributed by atoms with van der Waals surface area (Å²) < 4.78 is 5.28. The first kappa shape index (κ1) is 8.75. The van der Waals surface area contributed by atoms with Gasteiger partial charge in [-0.15, -0.1) is 0 Å². The Hall–Kier alpha value is -0.830. The molecule has 0 aliphatic carbocycles. The Morgan fingerprint density at radius 3 is 2.85 bits per heavy atom. The molecule has 0 aromatic heterocycles. The lowest BCUT2D eigenvalue weighted by atomic mass is 10.1. The van der Waals surface area contributed by atoms with Crippen LogP contribution < -0.4 is 0 Å². The van der Waals surface area contributed by atoms with Gasteiger partial charge in [0.2, 0.25) is 0 Å². The summed E-state index contributed by atoms with van der Waals surface area (Å²) in [5, 5.41) is 0. The second-order valence-electron chi connectivity index (χ2n) is 3.91. The van der Waals surface area contributed by atoms with Gasteiger partial charge in [0, 0.05) is 18.2 Å². The molecule has 72 valence electrons. The van der Waals surface area contributed by atoms with Crippen LogP contribution in [-0.2, 0) is 9.53 Å². The summed E-state index contributed by atoms with van der Waals surface area (Å²) in [7, 11) is 0. The van der Waals surface area contributed by atoms with Crippen molar-refractivity contribution in [3.05, 3.63) is 11.1 Å². The van der Waals surface area contributed by atoms with Crippen LogP contribution in [0.4, 0.5) is 0 Å². The molecular weight excluding hydrogens is 166 g/mol. The SMILES string of the molecule is CC(C)N1CC2=C(COCC2)C1=O. The van der Waals surface area contributed by atoms with Crippen LogP contribution in [0.2, 0.25) is 0 Å². The molecular formula is C10H15NO2. The topological polar surface area (TPSA) is 29.5 Å². The van der Waals surface area contributed by atoms with Gasteiger partial charge in [-0.1, -0.05) is 0 Å². The number of hydrogen-bond donors (Lipinski definition) is 0. The Bertz CT molecular complexity index is 268. The van der Waals surface area contributed by atoms with Gasteiger partial charge < -0.3 is 9.64 Å². The monoisotopic (exact) mass is 181 g/mol. The minimum atomic E-state index is 0.185. The molecule has 0 aromatic carbocycles. The number of carbonyl (C=O) groups excluding carboxylic acids is 1. The fourth-order valence-corrected chi connectivity index (χ4v) is 1.88. The number of nitrogens with zero attached hydrogens (tertiary/aromatic N) is 1. The molecule has 3 heteroatoms. The third-order valence-corrected chi connectivity index (χ3v) is 2.72. The third-order valence-electron chi connectivity index (χ3n) is 2.72. The zero-order valence-corrected chi connectivity index (χ0v) is 8.17. The minimum Gasteiger partial charge on any atom is -0.376 e. The molecule has 2 rings (SSSR count). The maximum Gasteiger partial charge on any atom is 0.252 e. The van der Waals surface area contributed by atoms with Gasteiger partial charge in [0.15, 0.2) is 0 Å². The Kier molecular flexibility index (Phi) is 2.12. The summed E-state index contributed by atoms with van der Waals surface area (Å²) in [4.78, 5) is 13.7. The molecule has 0 N–H and O–H groups in total. The molecule has 2 aliphatic heterocycles. The largest absolute Gasteiger partial charge is 0.376 e. The van der Waals surface area contributed by atoms with E-state index in [0.29, 0.717) is 12.6 Å². The number of ether oxygens (including phenoxy) is 1. The van der Waals surface area contributed by atoms with Crippen LogP contribution in [-0.4, -0.2) is 36.6 Å². The summed E-state index contributed by atoms with van der Waals surface area (Å²) in [5.41, 5.74) is 2.21. The second kappa shape index (κ2) is 3.14. The maximum atomic E-state index is 11.8. The Morgan fingerprint density at radius 1 is 1.46 bits per heavy atom. The van der Waals surface area contributed by atoms with Gasteiger partial charge in [-0.05, 0) is 25.8 Å². The van der Waals surface area contributed by atoms with Crippen molar-refractivity contribution in [1.82, 2.24) is 4.90 Å². The molecule has 1 amide bonds. The van der Waals surface area contributed by atoms with Gasteiger partial charge in [-0.3, -0.25) is 4.79 Å². The molecule has 3 nitrogen and oxygen atoms in total. The smallest absolute Gasteiger partial charge is 0.252 e. The van der Waals surface area contributed by atoms with E-state index >= 15 is 0 Å². The van der Waals surface area contributed by atoms with E-state index in [4.69, 9.17) is 4.74 Å². The zero-order chi connectivity index (χ0) is 9.42. The predicted molar refractivity (Wildman–Crippen MR) is 49.3 cm³/mol. The zero-order valence-electron chi connectivity index (χ0n) is 8.17. The van der Waals surface area contributed by atoms with Crippen LogP contribution in [0.15, 0.2) is 11.1 Å². The molecule has 2 heterocycles. The fraction of sp³-hybridized carbons (Fsp3) is 0.700. The normalized spacial score (nSPS) is 23.0. The first-order chi connectivity index (χ1) is 6.20. The lowest BCUT2D eigenvalue weighted by Crippen LogP contribution is -2.34. The van der Waals surface area contributed by atoms with Crippen molar-refractivity contribution in [1.29, 1.82) is 0 Å². The Labute approximate surface area is 78.4 Å². The van der Waals surface area contributed by atoms with Gasteiger partial charge in [0.1, 0.15) is 0 Å². The van der Waals surface area contributed by atoms with E-state index in [1.807, 2.05) is 4.90 Å². The molecule has 0 atom stereocenters. The highest BCUT2D eigenvalue weighted by Crippen LogP contribution is 2.26.